The Labute approximate surface area is 150 Å². The van der Waals surface area contributed by atoms with E-state index in [1.807, 2.05) is 37.3 Å². The Morgan fingerprint density at radius 2 is 1.92 bits per heavy atom. The molecule has 132 valence electrons. The van der Waals surface area contributed by atoms with Crippen molar-refractivity contribution in [2.24, 2.45) is 0 Å². The van der Waals surface area contributed by atoms with Crippen LogP contribution in [0.4, 0.5) is 10.1 Å². The van der Waals surface area contributed by atoms with Crippen LogP contribution in [0.1, 0.15) is 21.7 Å². The highest BCUT2D eigenvalue weighted by Gasteiger charge is 2.29. The molecule has 0 saturated carbocycles. The van der Waals surface area contributed by atoms with Crippen LogP contribution in [0.15, 0.2) is 54.6 Å². The lowest BCUT2D eigenvalue weighted by molar-refractivity contribution is 0.0961. The molecule has 5 nitrogen and oxygen atoms in total. The van der Waals surface area contributed by atoms with Gasteiger partial charge in [-0.2, -0.15) is 5.10 Å². The highest BCUT2D eigenvalue weighted by molar-refractivity contribution is 6.05. The van der Waals surface area contributed by atoms with Crippen LogP contribution in [0.3, 0.4) is 0 Å². The molecule has 0 atom stereocenters. The van der Waals surface area contributed by atoms with E-state index in [0.717, 1.165) is 11.3 Å². The second-order valence-corrected chi connectivity index (χ2v) is 6.26. The highest BCUT2D eigenvalue weighted by Crippen LogP contribution is 2.25. The van der Waals surface area contributed by atoms with E-state index in [4.69, 9.17) is 4.74 Å². The van der Waals surface area contributed by atoms with Crippen molar-refractivity contribution in [2.75, 3.05) is 11.4 Å². The van der Waals surface area contributed by atoms with Crippen LogP contribution in [-0.4, -0.2) is 22.2 Å². The van der Waals surface area contributed by atoms with Gasteiger partial charge < -0.3 is 9.64 Å². The van der Waals surface area contributed by atoms with Gasteiger partial charge in [-0.15, -0.1) is 0 Å². The summed E-state index contributed by atoms with van der Waals surface area (Å²) >= 11 is 0. The van der Waals surface area contributed by atoms with Crippen molar-refractivity contribution in [1.29, 1.82) is 0 Å². The first-order valence-electron chi connectivity index (χ1n) is 8.44. The van der Waals surface area contributed by atoms with E-state index >= 15 is 0 Å². The number of carbonyl (C=O) groups is 1. The fourth-order valence-corrected chi connectivity index (χ4v) is 3.05. The predicted molar refractivity (Wildman–Crippen MR) is 95.8 cm³/mol. The number of hydrogen-bond acceptors (Lipinski definition) is 3. The molecule has 1 aliphatic rings. The summed E-state index contributed by atoms with van der Waals surface area (Å²) in [6.45, 7) is 2.99. The lowest BCUT2D eigenvalue weighted by Crippen LogP contribution is -2.40. The van der Waals surface area contributed by atoms with E-state index in [1.165, 1.54) is 11.0 Å². The Balaban J connectivity index is 1.54. The summed E-state index contributed by atoms with van der Waals surface area (Å²) in [5.74, 6) is 0.101. The number of amides is 1. The number of halogens is 1. The topological polar surface area (TPSA) is 47.4 Å². The molecule has 1 aliphatic heterocycles. The number of nitrogens with zero attached hydrogens (tertiary/aromatic N) is 3. The second kappa shape index (κ2) is 6.63. The van der Waals surface area contributed by atoms with Crippen molar-refractivity contribution in [3.8, 4) is 5.75 Å². The minimum atomic E-state index is -0.390. The first-order chi connectivity index (χ1) is 12.6. The summed E-state index contributed by atoms with van der Waals surface area (Å²) in [6.07, 6.45) is 0. The van der Waals surface area contributed by atoms with Crippen molar-refractivity contribution >= 4 is 11.6 Å². The minimum absolute atomic E-state index is 0.252. The van der Waals surface area contributed by atoms with Crippen LogP contribution in [-0.2, 0) is 13.2 Å². The molecule has 2 aromatic carbocycles. The van der Waals surface area contributed by atoms with Crippen LogP contribution in [0.5, 0.6) is 5.75 Å². The van der Waals surface area contributed by atoms with Gasteiger partial charge in [0.25, 0.3) is 5.91 Å². The SMILES string of the molecule is Cc1ccc(N2CCn3nc(COc4ccccc4)cc3C2=O)c(F)c1. The summed E-state index contributed by atoms with van der Waals surface area (Å²) < 4.78 is 21.6. The van der Waals surface area contributed by atoms with E-state index in [1.54, 1.807) is 22.9 Å². The maximum Gasteiger partial charge on any atom is 0.276 e. The molecular weight excluding hydrogens is 333 g/mol. The molecule has 0 fully saturated rings. The molecule has 2 heterocycles. The average molecular weight is 351 g/mol. The number of rotatable bonds is 4. The van der Waals surface area contributed by atoms with Gasteiger partial charge >= 0.3 is 0 Å². The normalized spacial score (nSPS) is 13.6. The molecule has 26 heavy (non-hydrogen) atoms. The Hall–Kier alpha value is -3.15. The largest absolute Gasteiger partial charge is 0.487 e. The number of aromatic nitrogens is 2. The Bertz CT molecular complexity index is 953. The number of fused-ring (bicyclic) bond motifs is 1. The third-order valence-corrected chi connectivity index (χ3v) is 4.35. The molecule has 1 aromatic heterocycles. The van der Waals surface area contributed by atoms with Crippen molar-refractivity contribution in [2.45, 2.75) is 20.1 Å². The maximum atomic E-state index is 14.3. The first-order valence-corrected chi connectivity index (χ1v) is 8.44. The molecule has 0 spiro atoms. The lowest BCUT2D eigenvalue weighted by atomic mass is 10.1. The van der Waals surface area contributed by atoms with Crippen LogP contribution >= 0.6 is 0 Å². The van der Waals surface area contributed by atoms with Crippen LogP contribution in [0.2, 0.25) is 0 Å². The molecule has 0 radical (unpaired) electrons. The second-order valence-electron chi connectivity index (χ2n) is 6.26. The van der Waals surface area contributed by atoms with Gasteiger partial charge in [-0.3, -0.25) is 9.48 Å². The van der Waals surface area contributed by atoms with E-state index in [-0.39, 0.29) is 18.3 Å². The third-order valence-electron chi connectivity index (χ3n) is 4.35. The molecule has 0 unspecified atom stereocenters. The van der Waals surface area contributed by atoms with Crippen molar-refractivity contribution < 1.29 is 13.9 Å². The van der Waals surface area contributed by atoms with Crippen LogP contribution < -0.4 is 9.64 Å². The summed E-state index contributed by atoms with van der Waals surface area (Å²) in [7, 11) is 0. The standard InChI is InChI=1S/C20H18FN3O2/c1-14-7-8-18(17(21)11-14)23-9-10-24-19(20(23)25)12-15(22-24)13-26-16-5-3-2-4-6-16/h2-8,11-12H,9-10,13H2,1H3. The highest BCUT2D eigenvalue weighted by atomic mass is 19.1. The molecular formula is C20H18FN3O2. The Morgan fingerprint density at radius 3 is 2.69 bits per heavy atom. The van der Waals surface area contributed by atoms with E-state index < -0.39 is 0 Å². The molecule has 0 aliphatic carbocycles. The summed E-state index contributed by atoms with van der Waals surface area (Å²) in [6, 6.07) is 16.0. The quantitative estimate of drug-likeness (QED) is 0.722. The molecule has 0 N–H and O–H groups in total. The number of aryl methyl sites for hydroxylation is 1. The van der Waals surface area contributed by atoms with Gasteiger partial charge in [0.15, 0.2) is 0 Å². The summed E-state index contributed by atoms with van der Waals surface area (Å²) in [5.41, 5.74) is 2.24. The fraction of sp³-hybridized carbons (Fsp3) is 0.200. The zero-order valence-corrected chi connectivity index (χ0v) is 14.4. The van der Waals surface area contributed by atoms with E-state index in [0.29, 0.717) is 30.2 Å². The summed E-state index contributed by atoms with van der Waals surface area (Å²) in [4.78, 5) is 14.3. The Morgan fingerprint density at radius 1 is 1.12 bits per heavy atom. The first kappa shape index (κ1) is 16.3. The Kier molecular flexibility index (Phi) is 4.16. The van der Waals surface area contributed by atoms with Crippen molar-refractivity contribution in [3.63, 3.8) is 0 Å². The number of carbonyl (C=O) groups excluding carboxylic acids is 1. The summed E-state index contributed by atoms with van der Waals surface area (Å²) in [5, 5.41) is 4.43. The number of hydrogen-bond donors (Lipinski definition) is 0. The maximum absolute atomic E-state index is 14.3. The molecule has 6 heteroatoms. The fourth-order valence-electron chi connectivity index (χ4n) is 3.05. The average Bonchev–Trinajstić information content (AvgIpc) is 3.06. The molecule has 1 amide bonds. The van der Waals surface area contributed by atoms with Gasteiger partial charge in [-0.1, -0.05) is 24.3 Å². The van der Waals surface area contributed by atoms with Crippen molar-refractivity contribution in [1.82, 2.24) is 9.78 Å². The molecule has 0 saturated heterocycles. The van der Waals surface area contributed by atoms with E-state index in [9.17, 15) is 9.18 Å². The predicted octanol–water partition coefficient (Wildman–Crippen LogP) is 3.57. The minimum Gasteiger partial charge on any atom is -0.487 e. The molecule has 4 rings (SSSR count). The number of para-hydroxylation sites is 1. The van der Waals surface area contributed by atoms with E-state index in [2.05, 4.69) is 5.10 Å². The van der Waals surface area contributed by atoms with Crippen LogP contribution in [0.25, 0.3) is 0 Å². The third kappa shape index (κ3) is 3.06. The van der Waals surface area contributed by atoms with Gasteiger partial charge in [-0.25, -0.2) is 4.39 Å². The molecule has 3 aromatic rings. The number of ether oxygens (including phenoxy) is 1. The monoisotopic (exact) mass is 351 g/mol. The number of anilines is 1. The zero-order chi connectivity index (χ0) is 18.1. The smallest absolute Gasteiger partial charge is 0.276 e. The van der Waals surface area contributed by atoms with Gasteiger partial charge in [0.1, 0.15) is 29.6 Å². The number of benzene rings is 2. The van der Waals surface area contributed by atoms with Gasteiger partial charge in [0.05, 0.1) is 12.2 Å². The van der Waals surface area contributed by atoms with Crippen LogP contribution in [0, 0.1) is 12.7 Å². The van der Waals surface area contributed by atoms with Gasteiger partial charge in [0.2, 0.25) is 0 Å². The van der Waals surface area contributed by atoms with Gasteiger partial charge in [-0.05, 0) is 42.8 Å². The lowest BCUT2D eigenvalue weighted by Gasteiger charge is -2.27. The zero-order valence-electron chi connectivity index (χ0n) is 14.4. The van der Waals surface area contributed by atoms with Crippen molar-refractivity contribution in [3.05, 3.63) is 77.4 Å². The molecule has 0 bridgehead atoms. The van der Waals surface area contributed by atoms with Gasteiger partial charge in [0, 0.05) is 6.54 Å².